The van der Waals surface area contributed by atoms with Gasteiger partial charge in [0.1, 0.15) is 17.2 Å². The fourth-order valence-electron chi connectivity index (χ4n) is 2.42. The van der Waals surface area contributed by atoms with Crippen molar-refractivity contribution in [3.05, 3.63) is 84.9 Å². The number of carbonyl (C=O) groups is 2. The van der Waals surface area contributed by atoms with Crippen LogP contribution in [-0.2, 0) is 14.3 Å². The quantitative estimate of drug-likeness (QED) is 0.546. The van der Waals surface area contributed by atoms with E-state index in [-0.39, 0.29) is 19.6 Å². The molecule has 0 aromatic heterocycles. The lowest BCUT2D eigenvalue weighted by Gasteiger charge is -2.09. The van der Waals surface area contributed by atoms with E-state index in [9.17, 15) is 9.59 Å². The van der Waals surface area contributed by atoms with Gasteiger partial charge in [0.15, 0.2) is 6.61 Å². The minimum absolute atomic E-state index is 0.0632. The summed E-state index contributed by atoms with van der Waals surface area (Å²) in [5.74, 6) is 1.14. The Labute approximate surface area is 169 Å². The molecule has 6 nitrogen and oxygen atoms in total. The molecule has 0 saturated heterocycles. The van der Waals surface area contributed by atoms with E-state index in [0.717, 1.165) is 5.75 Å². The van der Waals surface area contributed by atoms with Crippen LogP contribution in [0.5, 0.6) is 17.2 Å². The standard InChI is InChI=1S/C23H21NO5/c25-22(17-28-23(26)15-16-27-19-7-3-1-4-8-19)24-18-11-13-21(14-12-18)29-20-9-5-2-6-10-20/h1-14H,15-17H2,(H,24,25). The van der Waals surface area contributed by atoms with Crippen LogP contribution in [0.2, 0.25) is 0 Å². The maximum atomic E-state index is 11.9. The van der Waals surface area contributed by atoms with Crippen LogP contribution in [0.15, 0.2) is 84.9 Å². The Morgan fingerprint density at radius 3 is 1.97 bits per heavy atom. The average molecular weight is 391 g/mol. The van der Waals surface area contributed by atoms with Gasteiger partial charge in [-0.3, -0.25) is 9.59 Å². The van der Waals surface area contributed by atoms with Gasteiger partial charge in [0, 0.05) is 5.69 Å². The van der Waals surface area contributed by atoms with Gasteiger partial charge in [-0.15, -0.1) is 0 Å². The van der Waals surface area contributed by atoms with Gasteiger partial charge in [-0.1, -0.05) is 36.4 Å². The molecule has 0 aliphatic heterocycles. The van der Waals surface area contributed by atoms with Crippen molar-refractivity contribution in [2.24, 2.45) is 0 Å². The molecule has 148 valence electrons. The Balaban J connectivity index is 1.36. The maximum Gasteiger partial charge on any atom is 0.309 e. The molecule has 0 radical (unpaired) electrons. The zero-order valence-corrected chi connectivity index (χ0v) is 15.7. The fraction of sp³-hybridized carbons (Fsp3) is 0.130. The van der Waals surface area contributed by atoms with Crippen LogP contribution in [0.25, 0.3) is 0 Å². The Bertz CT molecular complexity index is 911. The van der Waals surface area contributed by atoms with E-state index in [2.05, 4.69) is 5.32 Å². The zero-order chi connectivity index (χ0) is 20.3. The predicted molar refractivity (Wildman–Crippen MR) is 109 cm³/mol. The number of benzene rings is 3. The Hall–Kier alpha value is -3.80. The van der Waals surface area contributed by atoms with Gasteiger partial charge in [-0.05, 0) is 48.5 Å². The highest BCUT2D eigenvalue weighted by molar-refractivity contribution is 5.92. The summed E-state index contributed by atoms with van der Waals surface area (Å²) in [6, 6.07) is 25.5. The third-order valence-corrected chi connectivity index (χ3v) is 3.80. The van der Waals surface area contributed by atoms with Crippen LogP contribution >= 0.6 is 0 Å². The number of hydrogen-bond acceptors (Lipinski definition) is 5. The first-order valence-electron chi connectivity index (χ1n) is 9.15. The molecule has 0 fully saturated rings. The molecule has 3 rings (SSSR count). The molecule has 0 spiro atoms. The maximum absolute atomic E-state index is 11.9. The molecule has 0 unspecified atom stereocenters. The lowest BCUT2D eigenvalue weighted by atomic mass is 10.3. The van der Waals surface area contributed by atoms with Crippen molar-refractivity contribution >= 4 is 17.6 Å². The summed E-state index contributed by atoms with van der Waals surface area (Å²) in [4.78, 5) is 23.6. The van der Waals surface area contributed by atoms with Crippen molar-refractivity contribution in [2.75, 3.05) is 18.5 Å². The monoisotopic (exact) mass is 391 g/mol. The summed E-state index contributed by atoms with van der Waals surface area (Å²) in [5.41, 5.74) is 0.582. The topological polar surface area (TPSA) is 73.9 Å². The first-order chi connectivity index (χ1) is 14.2. The smallest absolute Gasteiger partial charge is 0.309 e. The fourth-order valence-corrected chi connectivity index (χ4v) is 2.42. The van der Waals surface area contributed by atoms with Gasteiger partial charge < -0.3 is 19.5 Å². The molecule has 1 N–H and O–H groups in total. The van der Waals surface area contributed by atoms with Crippen LogP contribution in [0.4, 0.5) is 5.69 Å². The number of ether oxygens (including phenoxy) is 3. The number of amides is 1. The van der Waals surface area contributed by atoms with E-state index in [1.165, 1.54) is 0 Å². The summed E-state index contributed by atoms with van der Waals surface area (Å²) in [6.07, 6.45) is 0.0632. The predicted octanol–water partition coefficient (Wildman–Crippen LogP) is 4.43. The molecule has 29 heavy (non-hydrogen) atoms. The van der Waals surface area contributed by atoms with Crippen molar-refractivity contribution in [1.82, 2.24) is 0 Å². The van der Waals surface area contributed by atoms with Crippen LogP contribution in [0.1, 0.15) is 6.42 Å². The zero-order valence-electron chi connectivity index (χ0n) is 15.7. The van der Waals surface area contributed by atoms with Gasteiger partial charge in [-0.25, -0.2) is 0 Å². The number of esters is 1. The van der Waals surface area contributed by atoms with Crippen LogP contribution in [-0.4, -0.2) is 25.1 Å². The summed E-state index contributed by atoms with van der Waals surface area (Å²) in [5, 5.41) is 2.67. The van der Waals surface area contributed by atoms with E-state index in [1.807, 2.05) is 48.5 Å². The van der Waals surface area contributed by atoms with Crippen molar-refractivity contribution in [1.29, 1.82) is 0 Å². The SMILES string of the molecule is O=C(COC(=O)CCOc1ccccc1)Nc1ccc(Oc2ccccc2)cc1. The molecule has 6 heteroatoms. The molecular formula is C23H21NO5. The highest BCUT2D eigenvalue weighted by Crippen LogP contribution is 2.22. The van der Waals surface area contributed by atoms with E-state index < -0.39 is 11.9 Å². The Morgan fingerprint density at radius 1 is 0.724 bits per heavy atom. The minimum atomic E-state index is -0.498. The minimum Gasteiger partial charge on any atom is -0.493 e. The van der Waals surface area contributed by atoms with Crippen LogP contribution < -0.4 is 14.8 Å². The average Bonchev–Trinajstić information content (AvgIpc) is 2.75. The van der Waals surface area contributed by atoms with Gasteiger partial charge in [0.05, 0.1) is 13.0 Å². The van der Waals surface area contributed by atoms with Crippen molar-refractivity contribution < 1.29 is 23.8 Å². The number of carbonyl (C=O) groups excluding carboxylic acids is 2. The lowest BCUT2D eigenvalue weighted by molar-refractivity contribution is -0.147. The van der Waals surface area contributed by atoms with Gasteiger partial charge in [0.25, 0.3) is 5.91 Å². The van der Waals surface area contributed by atoms with E-state index in [0.29, 0.717) is 17.2 Å². The Morgan fingerprint density at radius 2 is 1.31 bits per heavy atom. The van der Waals surface area contributed by atoms with Gasteiger partial charge >= 0.3 is 5.97 Å². The second-order valence-corrected chi connectivity index (χ2v) is 6.06. The molecule has 3 aromatic carbocycles. The molecule has 0 saturated carbocycles. The summed E-state index contributed by atoms with van der Waals surface area (Å²) >= 11 is 0. The van der Waals surface area contributed by atoms with E-state index in [4.69, 9.17) is 14.2 Å². The van der Waals surface area contributed by atoms with Gasteiger partial charge in [0.2, 0.25) is 0 Å². The normalized spacial score (nSPS) is 10.1. The van der Waals surface area contributed by atoms with Crippen LogP contribution in [0, 0.1) is 0 Å². The first-order valence-corrected chi connectivity index (χ1v) is 9.15. The second kappa shape index (κ2) is 10.5. The third kappa shape index (κ3) is 7.03. The second-order valence-electron chi connectivity index (χ2n) is 6.06. The Kier molecular flexibility index (Phi) is 7.23. The van der Waals surface area contributed by atoms with Crippen LogP contribution in [0.3, 0.4) is 0 Å². The lowest BCUT2D eigenvalue weighted by Crippen LogP contribution is -2.21. The summed E-state index contributed by atoms with van der Waals surface area (Å²) in [7, 11) is 0. The number of rotatable bonds is 9. The summed E-state index contributed by atoms with van der Waals surface area (Å²) in [6.45, 7) is -0.167. The van der Waals surface area contributed by atoms with Crippen molar-refractivity contribution in [3.8, 4) is 17.2 Å². The molecular weight excluding hydrogens is 370 g/mol. The van der Waals surface area contributed by atoms with E-state index >= 15 is 0 Å². The molecule has 0 bridgehead atoms. The highest BCUT2D eigenvalue weighted by atomic mass is 16.5. The highest BCUT2D eigenvalue weighted by Gasteiger charge is 2.08. The number of para-hydroxylation sites is 2. The third-order valence-electron chi connectivity index (χ3n) is 3.80. The molecule has 0 atom stereocenters. The van der Waals surface area contributed by atoms with Crippen molar-refractivity contribution in [2.45, 2.75) is 6.42 Å². The van der Waals surface area contributed by atoms with Gasteiger partial charge in [-0.2, -0.15) is 0 Å². The molecule has 0 heterocycles. The van der Waals surface area contributed by atoms with E-state index in [1.54, 1.807) is 36.4 Å². The number of anilines is 1. The summed E-state index contributed by atoms with van der Waals surface area (Å²) < 4.78 is 16.1. The first kappa shape index (κ1) is 19.9. The molecule has 0 aliphatic carbocycles. The van der Waals surface area contributed by atoms with Crippen molar-refractivity contribution in [3.63, 3.8) is 0 Å². The number of nitrogens with one attached hydrogen (secondary N) is 1. The number of hydrogen-bond donors (Lipinski definition) is 1. The molecule has 0 aliphatic rings. The molecule has 1 amide bonds. The molecule has 3 aromatic rings. The largest absolute Gasteiger partial charge is 0.493 e.